The number of rotatable bonds is 6. The highest BCUT2D eigenvalue weighted by Gasteiger charge is 2.11. The van der Waals surface area contributed by atoms with E-state index < -0.39 is 29.0 Å². The van der Waals surface area contributed by atoms with Crippen molar-refractivity contribution in [2.24, 2.45) is 5.10 Å². The van der Waals surface area contributed by atoms with Gasteiger partial charge in [0.1, 0.15) is 12.2 Å². The monoisotopic (exact) mass is 344 g/mol. The molecule has 2 N–H and O–H groups in total. The third kappa shape index (κ3) is 5.50. The summed E-state index contributed by atoms with van der Waals surface area (Å²) >= 11 is 0. The van der Waals surface area contributed by atoms with Gasteiger partial charge in [-0.15, -0.1) is 0 Å². The SMILES string of the molecule is O=C(CC(=O)Nc1ccccc1F)NN=Cc1ccc([N+](=O)[O-])cc1. The molecule has 0 saturated heterocycles. The highest BCUT2D eigenvalue weighted by atomic mass is 19.1. The maximum absolute atomic E-state index is 13.4. The van der Waals surface area contributed by atoms with E-state index in [1.165, 1.54) is 48.7 Å². The van der Waals surface area contributed by atoms with E-state index in [-0.39, 0.29) is 11.4 Å². The number of benzene rings is 2. The fraction of sp³-hybridized carbons (Fsp3) is 0.0625. The van der Waals surface area contributed by atoms with E-state index in [9.17, 15) is 24.1 Å². The number of hydrogen-bond acceptors (Lipinski definition) is 5. The van der Waals surface area contributed by atoms with Gasteiger partial charge in [0.2, 0.25) is 11.8 Å². The maximum Gasteiger partial charge on any atom is 0.269 e. The number of hydrogen-bond donors (Lipinski definition) is 2. The summed E-state index contributed by atoms with van der Waals surface area (Å²) in [5.41, 5.74) is 2.59. The molecule has 0 aliphatic heterocycles. The Morgan fingerprint density at radius 3 is 2.44 bits per heavy atom. The lowest BCUT2D eigenvalue weighted by atomic mass is 10.2. The molecule has 2 aromatic rings. The second-order valence-corrected chi connectivity index (χ2v) is 4.85. The van der Waals surface area contributed by atoms with Gasteiger partial charge >= 0.3 is 0 Å². The maximum atomic E-state index is 13.4. The average Bonchev–Trinajstić information content (AvgIpc) is 2.57. The summed E-state index contributed by atoms with van der Waals surface area (Å²) < 4.78 is 13.4. The zero-order valence-electron chi connectivity index (χ0n) is 12.8. The van der Waals surface area contributed by atoms with Crippen LogP contribution in [0.2, 0.25) is 0 Å². The van der Waals surface area contributed by atoms with Crippen molar-refractivity contribution >= 4 is 29.4 Å². The van der Waals surface area contributed by atoms with Gasteiger partial charge in [-0.25, -0.2) is 9.82 Å². The van der Waals surface area contributed by atoms with Gasteiger partial charge in [0, 0.05) is 12.1 Å². The van der Waals surface area contributed by atoms with Crippen molar-refractivity contribution in [1.82, 2.24) is 5.43 Å². The minimum atomic E-state index is -0.688. The molecular weight excluding hydrogens is 331 g/mol. The smallest absolute Gasteiger partial charge is 0.269 e. The first-order valence-corrected chi connectivity index (χ1v) is 7.06. The van der Waals surface area contributed by atoms with Crippen LogP contribution in [0.5, 0.6) is 0 Å². The van der Waals surface area contributed by atoms with Crippen LogP contribution in [0.1, 0.15) is 12.0 Å². The normalized spacial score (nSPS) is 10.4. The Kier molecular flexibility index (Phi) is 5.88. The zero-order chi connectivity index (χ0) is 18.2. The number of amides is 2. The Bertz CT molecular complexity index is 821. The van der Waals surface area contributed by atoms with Gasteiger partial charge in [0.15, 0.2) is 0 Å². The number of nitrogens with zero attached hydrogens (tertiary/aromatic N) is 2. The molecule has 25 heavy (non-hydrogen) atoms. The standard InChI is InChI=1S/C16H13FN4O4/c17-13-3-1-2-4-14(13)19-15(22)9-16(23)20-18-10-11-5-7-12(8-6-11)21(24)25/h1-8,10H,9H2,(H,19,22)(H,20,23). The number of para-hydroxylation sites is 1. The summed E-state index contributed by atoms with van der Waals surface area (Å²) in [5.74, 6) is -1.98. The molecule has 0 saturated carbocycles. The summed E-state index contributed by atoms with van der Waals surface area (Å²) in [6.07, 6.45) is 0.738. The van der Waals surface area contributed by atoms with Crippen LogP contribution >= 0.6 is 0 Å². The van der Waals surface area contributed by atoms with Gasteiger partial charge in [-0.3, -0.25) is 19.7 Å². The van der Waals surface area contributed by atoms with Crippen molar-refractivity contribution in [2.75, 3.05) is 5.32 Å². The van der Waals surface area contributed by atoms with Gasteiger partial charge in [-0.1, -0.05) is 12.1 Å². The van der Waals surface area contributed by atoms with E-state index in [0.29, 0.717) is 5.56 Å². The Morgan fingerprint density at radius 2 is 1.80 bits per heavy atom. The third-order valence-electron chi connectivity index (χ3n) is 2.98. The Morgan fingerprint density at radius 1 is 1.12 bits per heavy atom. The number of nitrogens with one attached hydrogen (secondary N) is 2. The van der Waals surface area contributed by atoms with Crippen LogP contribution in [0.15, 0.2) is 53.6 Å². The van der Waals surface area contributed by atoms with Crippen LogP contribution in [0.4, 0.5) is 15.8 Å². The van der Waals surface area contributed by atoms with Crippen LogP contribution in [0.3, 0.4) is 0 Å². The Labute approximate surface area is 141 Å². The van der Waals surface area contributed by atoms with E-state index in [0.717, 1.165) is 0 Å². The summed E-state index contributed by atoms with van der Waals surface area (Å²) in [6.45, 7) is 0. The lowest BCUT2D eigenvalue weighted by Gasteiger charge is -2.05. The predicted octanol–water partition coefficient (Wildman–Crippen LogP) is 2.21. The quantitative estimate of drug-likeness (QED) is 0.362. The molecule has 9 heteroatoms. The summed E-state index contributed by atoms with van der Waals surface area (Å²) in [6, 6.07) is 11.1. The Hall–Kier alpha value is -3.62. The Balaban J connectivity index is 1.82. The molecule has 0 radical (unpaired) electrons. The molecule has 0 aliphatic rings. The molecule has 0 spiro atoms. The molecule has 0 unspecified atom stereocenters. The first kappa shape index (κ1) is 17.7. The number of hydrazone groups is 1. The molecule has 2 amide bonds. The molecule has 2 aromatic carbocycles. The van der Waals surface area contributed by atoms with Crippen molar-refractivity contribution in [2.45, 2.75) is 6.42 Å². The van der Waals surface area contributed by atoms with Crippen LogP contribution < -0.4 is 10.7 Å². The zero-order valence-corrected chi connectivity index (χ0v) is 12.8. The molecule has 0 bridgehead atoms. The number of anilines is 1. The number of carbonyl (C=O) groups is 2. The van der Waals surface area contributed by atoms with E-state index >= 15 is 0 Å². The fourth-order valence-electron chi connectivity index (χ4n) is 1.80. The largest absolute Gasteiger partial charge is 0.323 e. The molecule has 2 rings (SSSR count). The number of carbonyl (C=O) groups excluding carboxylic acids is 2. The lowest BCUT2D eigenvalue weighted by molar-refractivity contribution is -0.384. The average molecular weight is 344 g/mol. The number of nitro benzene ring substituents is 1. The highest BCUT2D eigenvalue weighted by Crippen LogP contribution is 2.12. The van der Waals surface area contributed by atoms with Gasteiger partial charge in [-0.05, 0) is 29.8 Å². The minimum absolute atomic E-state index is 0.0188. The summed E-state index contributed by atoms with van der Waals surface area (Å²) in [5, 5.41) is 16.4. The second kappa shape index (κ2) is 8.29. The molecule has 0 heterocycles. The number of non-ortho nitro benzene ring substituents is 1. The van der Waals surface area contributed by atoms with Gasteiger partial charge < -0.3 is 5.32 Å². The molecule has 0 atom stereocenters. The van der Waals surface area contributed by atoms with E-state index in [4.69, 9.17) is 0 Å². The highest BCUT2D eigenvalue weighted by molar-refractivity contribution is 6.03. The van der Waals surface area contributed by atoms with Gasteiger partial charge in [-0.2, -0.15) is 5.10 Å². The van der Waals surface area contributed by atoms with Crippen molar-refractivity contribution in [3.8, 4) is 0 Å². The molecule has 0 fully saturated rings. The molecule has 128 valence electrons. The van der Waals surface area contributed by atoms with Crippen molar-refractivity contribution in [3.05, 3.63) is 70.0 Å². The second-order valence-electron chi connectivity index (χ2n) is 4.85. The fourth-order valence-corrected chi connectivity index (χ4v) is 1.80. The first-order chi connectivity index (χ1) is 12.0. The van der Waals surface area contributed by atoms with Gasteiger partial charge in [0.25, 0.3) is 5.69 Å². The molecular formula is C16H13FN4O4. The van der Waals surface area contributed by atoms with E-state index in [1.54, 1.807) is 6.07 Å². The number of halogens is 1. The molecule has 0 aliphatic carbocycles. The van der Waals surface area contributed by atoms with Crippen molar-refractivity contribution in [3.63, 3.8) is 0 Å². The van der Waals surface area contributed by atoms with Crippen LogP contribution in [0.25, 0.3) is 0 Å². The number of nitro groups is 1. The van der Waals surface area contributed by atoms with Crippen molar-refractivity contribution < 1.29 is 18.9 Å². The minimum Gasteiger partial charge on any atom is -0.323 e. The van der Waals surface area contributed by atoms with Crippen molar-refractivity contribution in [1.29, 1.82) is 0 Å². The lowest BCUT2D eigenvalue weighted by Crippen LogP contribution is -2.24. The van der Waals surface area contributed by atoms with E-state index in [2.05, 4.69) is 15.8 Å². The first-order valence-electron chi connectivity index (χ1n) is 7.06. The summed E-state index contributed by atoms with van der Waals surface area (Å²) in [4.78, 5) is 33.2. The summed E-state index contributed by atoms with van der Waals surface area (Å²) in [7, 11) is 0. The van der Waals surface area contributed by atoms with Crippen LogP contribution in [0, 0.1) is 15.9 Å². The van der Waals surface area contributed by atoms with Crippen LogP contribution in [-0.4, -0.2) is 23.0 Å². The van der Waals surface area contributed by atoms with Gasteiger partial charge in [0.05, 0.1) is 16.8 Å². The van der Waals surface area contributed by atoms with Crippen LogP contribution in [-0.2, 0) is 9.59 Å². The topological polar surface area (TPSA) is 114 Å². The van der Waals surface area contributed by atoms with E-state index in [1.807, 2.05) is 0 Å². The molecule has 8 nitrogen and oxygen atoms in total. The molecule has 0 aromatic heterocycles. The predicted molar refractivity (Wildman–Crippen MR) is 88.5 cm³/mol. The third-order valence-corrected chi connectivity index (χ3v) is 2.98.